The Hall–Kier alpha value is -2.97. The molecule has 3 N–H and O–H groups in total. The summed E-state index contributed by atoms with van der Waals surface area (Å²) in [5, 5.41) is 12.5. The van der Waals surface area contributed by atoms with E-state index in [1.165, 1.54) is 0 Å². The van der Waals surface area contributed by atoms with Gasteiger partial charge in [-0.2, -0.15) is 0 Å². The molecule has 4 heterocycles. The average molecular weight is 368 g/mol. The highest BCUT2D eigenvalue weighted by Gasteiger charge is 2.21. The van der Waals surface area contributed by atoms with Gasteiger partial charge in [-0.15, -0.1) is 0 Å². The zero-order valence-electron chi connectivity index (χ0n) is 14.6. The molecule has 1 amide bonds. The summed E-state index contributed by atoms with van der Waals surface area (Å²) in [6.45, 7) is 1.53. The van der Waals surface area contributed by atoms with Crippen LogP contribution in [0.25, 0.3) is 22.2 Å². The van der Waals surface area contributed by atoms with Crippen LogP contribution < -0.4 is 10.1 Å². The third kappa shape index (κ3) is 3.62. The number of nitrogens with zero attached hydrogens (tertiary/aromatic N) is 2. The van der Waals surface area contributed by atoms with E-state index in [0.29, 0.717) is 24.6 Å². The molecule has 27 heavy (non-hydrogen) atoms. The lowest BCUT2D eigenvalue weighted by molar-refractivity contribution is -0.105. The minimum Gasteiger partial charge on any atom is -0.491 e. The Labute approximate surface area is 155 Å². The number of hydrogen-bond acceptors (Lipinski definition) is 6. The summed E-state index contributed by atoms with van der Waals surface area (Å²) in [4.78, 5) is 22.9. The second kappa shape index (κ2) is 7.73. The van der Waals surface area contributed by atoms with E-state index in [9.17, 15) is 4.79 Å². The van der Waals surface area contributed by atoms with E-state index in [-0.39, 0.29) is 19.1 Å². The second-order valence-corrected chi connectivity index (χ2v) is 6.33. The van der Waals surface area contributed by atoms with Gasteiger partial charge in [-0.25, -0.2) is 4.98 Å². The Morgan fingerprint density at radius 1 is 1.41 bits per heavy atom. The fourth-order valence-corrected chi connectivity index (χ4v) is 3.26. The van der Waals surface area contributed by atoms with Crippen molar-refractivity contribution in [1.82, 2.24) is 15.0 Å². The summed E-state index contributed by atoms with van der Waals surface area (Å²) in [6.07, 6.45) is 5.05. The maximum absolute atomic E-state index is 10.7. The normalized spacial score (nSPS) is 16.6. The van der Waals surface area contributed by atoms with Crippen LogP contribution in [0.1, 0.15) is 18.0 Å². The molecule has 0 bridgehead atoms. The quantitative estimate of drug-likeness (QED) is 0.551. The smallest absolute Gasteiger partial charge is 0.212 e. The predicted octanol–water partition coefficient (Wildman–Crippen LogP) is 2.07. The number of carbonyl (C=O) groups excluding carboxylic acids is 1. The van der Waals surface area contributed by atoms with Gasteiger partial charge in [0.05, 0.1) is 36.3 Å². The molecule has 1 saturated heterocycles. The highest BCUT2D eigenvalue weighted by Crippen LogP contribution is 2.34. The summed E-state index contributed by atoms with van der Waals surface area (Å²) in [5.74, 6) is 1.35. The van der Waals surface area contributed by atoms with Crippen molar-refractivity contribution in [2.24, 2.45) is 0 Å². The molecule has 0 radical (unpaired) electrons. The number of aliphatic hydroxyl groups is 1. The molecule has 8 heteroatoms. The van der Waals surface area contributed by atoms with Gasteiger partial charge in [-0.3, -0.25) is 9.78 Å². The topological polar surface area (TPSA) is 109 Å². The van der Waals surface area contributed by atoms with Crippen LogP contribution in [0, 0.1) is 0 Å². The molecule has 140 valence electrons. The SMILES string of the molecule is O=CNc1cc2c(-c3cc(OCCO)cc(C4CCOC4)n3)c[nH]c2cn1. The lowest BCUT2D eigenvalue weighted by Crippen LogP contribution is -2.06. The van der Waals surface area contributed by atoms with Crippen LogP contribution in [0.2, 0.25) is 0 Å². The van der Waals surface area contributed by atoms with Crippen molar-refractivity contribution in [3.05, 3.63) is 36.3 Å². The third-order valence-corrected chi connectivity index (χ3v) is 4.58. The number of carbonyl (C=O) groups is 1. The van der Waals surface area contributed by atoms with Crippen molar-refractivity contribution in [1.29, 1.82) is 0 Å². The van der Waals surface area contributed by atoms with Gasteiger partial charge in [0.2, 0.25) is 6.41 Å². The van der Waals surface area contributed by atoms with Crippen molar-refractivity contribution in [3.63, 3.8) is 0 Å². The molecular weight excluding hydrogens is 348 g/mol. The van der Waals surface area contributed by atoms with Crippen molar-refractivity contribution in [2.75, 3.05) is 31.7 Å². The number of aliphatic hydroxyl groups excluding tert-OH is 1. The fraction of sp³-hybridized carbons (Fsp3) is 0.316. The molecule has 0 spiro atoms. The molecule has 3 aromatic rings. The summed E-state index contributed by atoms with van der Waals surface area (Å²) in [6, 6.07) is 5.57. The number of fused-ring (bicyclic) bond motifs is 1. The lowest BCUT2D eigenvalue weighted by Gasteiger charge is -2.13. The minimum atomic E-state index is -0.0565. The first-order valence-corrected chi connectivity index (χ1v) is 8.79. The van der Waals surface area contributed by atoms with Crippen molar-refractivity contribution in [3.8, 4) is 17.0 Å². The summed E-state index contributed by atoms with van der Waals surface area (Å²) in [5.41, 5.74) is 3.39. The van der Waals surface area contributed by atoms with Crippen LogP contribution >= 0.6 is 0 Å². The van der Waals surface area contributed by atoms with Crippen molar-refractivity contribution < 1.29 is 19.4 Å². The molecule has 1 unspecified atom stereocenters. The van der Waals surface area contributed by atoms with E-state index in [2.05, 4.69) is 15.3 Å². The van der Waals surface area contributed by atoms with Crippen LogP contribution in [-0.2, 0) is 9.53 Å². The number of pyridine rings is 2. The minimum absolute atomic E-state index is 0.0565. The summed E-state index contributed by atoms with van der Waals surface area (Å²) < 4.78 is 11.2. The molecule has 1 aliphatic rings. The molecule has 1 atom stereocenters. The van der Waals surface area contributed by atoms with Crippen LogP contribution in [0.5, 0.6) is 5.75 Å². The first kappa shape index (κ1) is 17.4. The Morgan fingerprint density at radius 3 is 3.11 bits per heavy atom. The zero-order valence-corrected chi connectivity index (χ0v) is 14.6. The number of H-pyrrole nitrogens is 1. The third-order valence-electron chi connectivity index (χ3n) is 4.58. The van der Waals surface area contributed by atoms with Crippen molar-refractivity contribution >= 4 is 23.1 Å². The average Bonchev–Trinajstić information content (AvgIpc) is 3.36. The molecule has 0 saturated carbocycles. The number of aromatic amines is 1. The summed E-state index contributed by atoms with van der Waals surface area (Å²) in [7, 11) is 0. The maximum atomic E-state index is 10.7. The Balaban J connectivity index is 1.79. The molecule has 1 aliphatic heterocycles. The van der Waals surface area contributed by atoms with E-state index in [0.717, 1.165) is 40.9 Å². The lowest BCUT2D eigenvalue weighted by atomic mass is 10.0. The highest BCUT2D eigenvalue weighted by atomic mass is 16.5. The monoisotopic (exact) mass is 368 g/mol. The molecule has 1 fully saturated rings. The van der Waals surface area contributed by atoms with Gasteiger partial charge >= 0.3 is 0 Å². The fourth-order valence-electron chi connectivity index (χ4n) is 3.26. The maximum Gasteiger partial charge on any atom is 0.212 e. The van der Waals surface area contributed by atoms with Gasteiger partial charge in [0.15, 0.2) is 0 Å². The molecular formula is C19H20N4O4. The van der Waals surface area contributed by atoms with E-state index >= 15 is 0 Å². The van der Waals surface area contributed by atoms with Gasteiger partial charge in [0, 0.05) is 41.8 Å². The van der Waals surface area contributed by atoms with Crippen LogP contribution in [0.3, 0.4) is 0 Å². The molecule has 3 aromatic heterocycles. The summed E-state index contributed by atoms with van der Waals surface area (Å²) >= 11 is 0. The van der Waals surface area contributed by atoms with Crippen molar-refractivity contribution in [2.45, 2.75) is 12.3 Å². The number of nitrogens with one attached hydrogen (secondary N) is 2. The van der Waals surface area contributed by atoms with Crippen LogP contribution in [0.4, 0.5) is 5.82 Å². The highest BCUT2D eigenvalue weighted by molar-refractivity contribution is 5.96. The van der Waals surface area contributed by atoms with Gasteiger partial charge in [-0.1, -0.05) is 0 Å². The molecule has 0 aromatic carbocycles. The van der Waals surface area contributed by atoms with Gasteiger partial charge in [-0.05, 0) is 12.5 Å². The Bertz CT molecular complexity index is 950. The molecule has 8 nitrogen and oxygen atoms in total. The molecule has 0 aliphatic carbocycles. The number of rotatable bonds is 7. The van der Waals surface area contributed by atoms with E-state index in [1.54, 1.807) is 12.3 Å². The van der Waals surface area contributed by atoms with Gasteiger partial charge in [0.25, 0.3) is 0 Å². The number of amides is 1. The second-order valence-electron chi connectivity index (χ2n) is 6.33. The van der Waals surface area contributed by atoms with E-state index in [4.69, 9.17) is 19.6 Å². The zero-order chi connectivity index (χ0) is 18.6. The van der Waals surface area contributed by atoms with Gasteiger partial charge in [0.1, 0.15) is 18.2 Å². The first-order valence-electron chi connectivity index (χ1n) is 8.79. The van der Waals surface area contributed by atoms with Gasteiger partial charge < -0.3 is 24.9 Å². The standard InChI is InChI=1S/C19H20N4O4/c24-2-4-27-13-5-16(12-1-3-26-10-12)23-17(6-13)15-8-20-18-9-21-19(22-11-25)7-14(15)18/h5-9,11-12,20,24H,1-4,10H2,(H,21,22,25). The van der Waals surface area contributed by atoms with Crippen LogP contribution in [-0.4, -0.2) is 52.9 Å². The number of anilines is 1. The Morgan fingerprint density at radius 2 is 2.33 bits per heavy atom. The number of hydrogen-bond donors (Lipinski definition) is 3. The van der Waals surface area contributed by atoms with Crippen LogP contribution in [0.15, 0.2) is 30.6 Å². The predicted molar refractivity (Wildman–Crippen MR) is 99.8 cm³/mol. The van der Waals surface area contributed by atoms with E-state index < -0.39 is 0 Å². The first-order chi connectivity index (χ1) is 13.3. The molecule has 4 rings (SSSR count). The van der Waals surface area contributed by atoms with E-state index in [1.807, 2.05) is 18.3 Å². The Kier molecular flexibility index (Phi) is 4.99. The number of ether oxygens (including phenoxy) is 2. The largest absolute Gasteiger partial charge is 0.491 e. The number of aromatic nitrogens is 3.